The minimum Gasteiger partial charge on any atom is -0.497 e. The molecule has 1 N–H and O–H groups in total. The molecule has 0 fully saturated rings. The van der Waals surface area contributed by atoms with Crippen LogP contribution in [-0.2, 0) is 6.54 Å². The van der Waals surface area contributed by atoms with E-state index in [1.54, 1.807) is 35.9 Å². The standard InChI is InChI=1S/C23H21N5O2S/c1-30-19-5-3-4-18(14-19)28-22(17-10-12-24-13-11-17)21(26-27-28)23(29)25-15-16-6-8-20(31-2)9-7-16/h3-14H,15H2,1-2H3,(H,25,29). The lowest BCUT2D eigenvalue weighted by atomic mass is 10.1. The number of nitrogens with one attached hydrogen (secondary N) is 1. The number of hydrogen-bond acceptors (Lipinski definition) is 6. The van der Waals surface area contributed by atoms with Gasteiger partial charge in [-0.2, -0.15) is 0 Å². The molecule has 156 valence electrons. The SMILES string of the molecule is COc1cccc(-n2nnc(C(=O)NCc3ccc(SC)cc3)c2-c2ccncc2)c1. The van der Waals surface area contributed by atoms with Crippen LogP contribution >= 0.6 is 11.8 Å². The van der Waals surface area contributed by atoms with Crippen molar-refractivity contribution in [2.24, 2.45) is 0 Å². The highest BCUT2D eigenvalue weighted by Crippen LogP contribution is 2.26. The molecule has 2 aromatic carbocycles. The summed E-state index contributed by atoms with van der Waals surface area (Å²) in [6.45, 7) is 0.398. The van der Waals surface area contributed by atoms with Crippen LogP contribution in [0.2, 0.25) is 0 Å². The van der Waals surface area contributed by atoms with Crippen molar-refractivity contribution in [3.05, 3.63) is 84.3 Å². The van der Waals surface area contributed by atoms with Crippen molar-refractivity contribution in [1.82, 2.24) is 25.3 Å². The average molecular weight is 432 g/mol. The first-order valence-electron chi connectivity index (χ1n) is 9.61. The first-order valence-corrected chi connectivity index (χ1v) is 10.8. The van der Waals surface area contributed by atoms with Crippen molar-refractivity contribution in [3.8, 4) is 22.7 Å². The van der Waals surface area contributed by atoms with E-state index in [4.69, 9.17) is 4.74 Å². The highest BCUT2D eigenvalue weighted by Gasteiger charge is 2.22. The third kappa shape index (κ3) is 4.59. The van der Waals surface area contributed by atoms with Crippen molar-refractivity contribution in [3.63, 3.8) is 0 Å². The quantitative estimate of drug-likeness (QED) is 0.446. The highest BCUT2D eigenvalue weighted by atomic mass is 32.2. The molecule has 0 aliphatic rings. The second-order valence-electron chi connectivity index (χ2n) is 6.67. The Bertz CT molecular complexity index is 1180. The number of pyridine rings is 1. The zero-order valence-corrected chi connectivity index (χ0v) is 18.0. The number of benzene rings is 2. The predicted octanol–water partition coefficient (Wildman–Crippen LogP) is 3.99. The van der Waals surface area contributed by atoms with Crippen LogP contribution in [0.25, 0.3) is 16.9 Å². The van der Waals surface area contributed by atoms with Crippen LogP contribution in [-0.4, -0.2) is 39.3 Å². The number of methoxy groups -OCH3 is 1. The largest absolute Gasteiger partial charge is 0.497 e. The van der Waals surface area contributed by atoms with Gasteiger partial charge >= 0.3 is 0 Å². The van der Waals surface area contributed by atoms with Gasteiger partial charge in [-0.25, -0.2) is 4.68 Å². The molecule has 7 nitrogen and oxygen atoms in total. The van der Waals surface area contributed by atoms with Crippen LogP contribution in [0, 0.1) is 0 Å². The predicted molar refractivity (Wildman–Crippen MR) is 121 cm³/mol. The summed E-state index contributed by atoms with van der Waals surface area (Å²) in [5.74, 6) is 0.392. The van der Waals surface area contributed by atoms with Crippen LogP contribution in [0.1, 0.15) is 16.1 Å². The van der Waals surface area contributed by atoms with Gasteiger partial charge in [0.05, 0.1) is 12.8 Å². The molecular formula is C23H21N5O2S. The van der Waals surface area contributed by atoms with Crippen molar-refractivity contribution in [2.45, 2.75) is 11.4 Å². The summed E-state index contributed by atoms with van der Waals surface area (Å²) in [7, 11) is 1.61. The lowest BCUT2D eigenvalue weighted by Gasteiger charge is -2.10. The molecule has 0 atom stereocenters. The summed E-state index contributed by atoms with van der Waals surface area (Å²) >= 11 is 1.68. The summed E-state index contributed by atoms with van der Waals surface area (Å²) in [6, 6.07) is 19.2. The fraction of sp³-hybridized carbons (Fsp3) is 0.130. The van der Waals surface area contributed by atoms with Gasteiger partial charge in [0, 0.05) is 35.5 Å². The Labute approximate surface area is 184 Å². The number of hydrogen-bond donors (Lipinski definition) is 1. The normalized spacial score (nSPS) is 10.6. The van der Waals surface area contributed by atoms with E-state index < -0.39 is 0 Å². The van der Waals surface area contributed by atoms with Gasteiger partial charge in [0.25, 0.3) is 5.91 Å². The van der Waals surface area contributed by atoms with E-state index >= 15 is 0 Å². The van der Waals surface area contributed by atoms with Gasteiger partial charge in [-0.15, -0.1) is 16.9 Å². The molecule has 4 rings (SSSR count). The van der Waals surface area contributed by atoms with Gasteiger partial charge in [-0.05, 0) is 48.2 Å². The second kappa shape index (κ2) is 9.44. The second-order valence-corrected chi connectivity index (χ2v) is 7.55. The van der Waals surface area contributed by atoms with Crippen molar-refractivity contribution in [1.29, 1.82) is 0 Å². The molecule has 8 heteroatoms. The number of aromatic nitrogens is 4. The van der Waals surface area contributed by atoms with Crippen LogP contribution in [0.3, 0.4) is 0 Å². The van der Waals surface area contributed by atoms with E-state index in [0.717, 1.165) is 16.8 Å². The fourth-order valence-corrected chi connectivity index (χ4v) is 3.54. The number of carbonyl (C=O) groups is 1. The first kappa shape index (κ1) is 20.6. The van der Waals surface area contributed by atoms with E-state index in [9.17, 15) is 4.79 Å². The lowest BCUT2D eigenvalue weighted by molar-refractivity contribution is 0.0946. The number of nitrogens with zero attached hydrogens (tertiary/aromatic N) is 4. The number of amides is 1. The minimum atomic E-state index is -0.296. The Balaban J connectivity index is 1.66. The smallest absolute Gasteiger partial charge is 0.274 e. The van der Waals surface area contributed by atoms with Gasteiger partial charge in [-0.3, -0.25) is 9.78 Å². The fourth-order valence-electron chi connectivity index (χ4n) is 3.14. The van der Waals surface area contributed by atoms with Gasteiger partial charge in [0.1, 0.15) is 11.4 Å². The van der Waals surface area contributed by atoms with Gasteiger partial charge in [0.15, 0.2) is 5.69 Å². The number of thioether (sulfide) groups is 1. The molecule has 0 saturated carbocycles. The zero-order valence-electron chi connectivity index (χ0n) is 17.1. The molecule has 0 spiro atoms. The van der Waals surface area contributed by atoms with E-state index in [1.807, 2.05) is 66.9 Å². The first-order chi connectivity index (χ1) is 15.2. The van der Waals surface area contributed by atoms with Crippen molar-refractivity contribution in [2.75, 3.05) is 13.4 Å². The van der Waals surface area contributed by atoms with Crippen LogP contribution < -0.4 is 10.1 Å². The van der Waals surface area contributed by atoms with E-state index in [-0.39, 0.29) is 11.6 Å². The maximum Gasteiger partial charge on any atom is 0.274 e. The number of rotatable bonds is 7. The van der Waals surface area contributed by atoms with Gasteiger partial charge in [0.2, 0.25) is 0 Å². The van der Waals surface area contributed by atoms with Gasteiger partial charge in [-0.1, -0.05) is 23.4 Å². The summed E-state index contributed by atoms with van der Waals surface area (Å²) in [5.41, 5.74) is 3.38. The molecule has 1 amide bonds. The molecule has 0 saturated heterocycles. The third-order valence-electron chi connectivity index (χ3n) is 4.75. The van der Waals surface area contributed by atoms with Crippen molar-refractivity contribution >= 4 is 17.7 Å². The Morgan fingerprint density at radius 2 is 1.87 bits per heavy atom. The molecule has 0 aliphatic carbocycles. The summed E-state index contributed by atoms with van der Waals surface area (Å²) < 4.78 is 6.97. The third-order valence-corrected chi connectivity index (χ3v) is 5.49. The molecule has 0 bridgehead atoms. The Morgan fingerprint density at radius 1 is 1.10 bits per heavy atom. The lowest BCUT2D eigenvalue weighted by Crippen LogP contribution is -2.24. The molecule has 2 heterocycles. The number of ether oxygens (including phenoxy) is 1. The maximum atomic E-state index is 13.0. The van der Waals surface area contributed by atoms with Crippen LogP contribution in [0.4, 0.5) is 0 Å². The van der Waals surface area contributed by atoms with Crippen molar-refractivity contribution < 1.29 is 9.53 Å². The Kier molecular flexibility index (Phi) is 6.28. The van der Waals surface area contributed by atoms with E-state index in [1.165, 1.54) is 4.90 Å². The monoisotopic (exact) mass is 431 g/mol. The summed E-state index contributed by atoms with van der Waals surface area (Å²) in [4.78, 5) is 18.3. The summed E-state index contributed by atoms with van der Waals surface area (Å²) in [6.07, 6.45) is 5.38. The number of carbonyl (C=O) groups excluding carboxylic acids is 1. The highest BCUT2D eigenvalue weighted by molar-refractivity contribution is 7.98. The molecule has 0 radical (unpaired) electrons. The van der Waals surface area contributed by atoms with Crippen LogP contribution in [0.5, 0.6) is 5.75 Å². The van der Waals surface area contributed by atoms with E-state index in [0.29, 0.717) is 18.0 Å². The zero-order chi connectivity index (χ0) is 21.6. The molecule has 2 aromatic heterocycles. The topological polar surface area (TPSA) is 81.9 Å². The Morgan fingerprint density at radius 3 is 2.58 bits per heavy atom. The molecule has 0 aliphatic heterocycles. The van der Waals surface area contributed by atoms with E-state index in [2.05, 4.69) is 20.6 Å². The Hall–Kier alpha value is -3.65. The van der Waals surface area contributed by atoms with Crippen LogP contribution in [0.15, 0.2) is 78.0 Å². The maximum absolute atomic E-state index is 13.0. The average Bonchev–Trinajstić information content (AvgIpc) is 3.29. The molecule has 4 aromatic rings. The molecular weight excluding hydrogens is 410 g/mol. The minimum absolute atomic E-state index is 0.245. The summed E-state index contributed by atoms with van der Waals surface area (Å²) in [5, 5.41) is 11.4. The molecule has 31 heavy (non-hydrogen) atoms. The van der Waals surface area contributed by atoms with Gasteiger partial charge < -0.3 is 10.1 Å². The molecule has 0 unspecified atom stereocenters.